The van der Waals surface area contributed by atoms with E-state index >= 15 is 0 Å². The van der Waals surface area contributed by atoms with Crippen LogP contribution in [0.15, 0.2) is 18.2 Å². The van der Waals surface area contributed by atoms with Gasteiger partial charge in [0.25, 0.3) is 5.91 Å². The Hall–Kier alpha value is -1.26. The highest BCUT2D eigenvalue weighted by atomic mass is 35.5. The van der Waals surface area contributed by atoms with Gasteiger partial charge in [0, 0.05) is 11.6 Å². The van der Waals surface area contributed by atoms with Crippen LogP contribution in [0.4, 0.5) is 0 Å². The highest BCUT2D eigenvalue weighted by Crippen LogP contribution is 2.27. The van der Waals surface area contributed by atoms with E-state index in [-0.39, 0.29) is 18.6 Å². The van der Waals surface area contributed by atoms with Gasteiger partial charge >= 0.3 is 0 Å². The number of halogens is 1. The number of benzene rings is 1. The van der Waals surface area contributed by atoms with Crippen LogP contribution in [-0.2, 0) is 0 Å². The van der Waals surface area contributed by atoms with E-state index in [1.807, 2.05) is 0 Å². The van der Waals surface area contributed by atoms with Crippen LogP contribution in [0.1, 0.15) is 36.0 Å². The van der Waals surface area contributed by atoms with Crippen molar-refractivity contribution in [2.45, 2.75) is 31.7 Å². The van der Waals surface area contributed by atoms with Crippen LogP contribution in [0.25, 0.3) is 0 Å². The summed E-state index contributed by atoms with van der Waals surface area (Å²) in [6.07, 6.45) is 3.96. The first kappa shape index (κ1) is 15.1. The van der Waals surface area contributed by atoms with E-state index in [2.05, 4.69) is 0 Å². The van der Waals surface area contributed by atoms with Crippen molar-refractivity contribution in [2.24, 2.45) is 0 Å². The summed E-state index contributed by atoms with van der Waals surface area (Å²) in [7, 11) is 1.52. The van der Waals surface area contributed by atoms with E-state index in [9.17, 15) is 9.90 Å². The lowest BCUT2D eigenvalue weighted by atomic mass is 10.1. The molecule has 1 unspecified atom stereocenters. The maximum atomic E-state index is 12.7. The summed E-state index contributed by atoms with van der Waals surface area (Å²) in [6, 6.07) is 4.90. The summed E-state index contributed by atoms with van der Waals surface area (Å²) in [5.41, 5.74) is 0.497. The Kier molecular flexibility index (Phi) is 5.26. The third kappa shape index (κ3) is 3.25. The smallest absolute Gasteiger partial charge is 0.257 e. The number of carbonyl (C=O) groups excluding carboxylic acids is 1. The molecule has 0 aromatic heterocycles. The Morgan fingerprint density at radius 1 is 1.45 bits per heavy atom. The summed E-state index contributed by atoms with van der Waals surface area (Å²) in [4.78, 5) is 14.5. The van der Waals surface area contributed by atoms with Gasteiger partial charge in [0.2, 0.25) is 0 Å². The van der Waals surface area contributed by atoms with E-state index in [1.54, 1.807) is 23.1 Å². The first-order valence-electron chi connectivity index (χ1n) is 6.92. The number of ether oxygens (including phenoxy) is 1. The van der Waals surface area contributed by atoms with Crippen LogP contribution < -0.4 is 4.74 Å². The summed E-state index contributed by atoms with van der Waals surface area (Å²) < 4.78 is 5.24. The number of methoxy groups -OCH3 is 1. The first-order chi connectivity index (χ1) is 9.67. The Morgan fingerprint density at radius 3 is 2.95 bits per heavy atom. The minimum Gasteiger partial charge on any atom is -0.496 e. The van der Waals surface area contributed by atoms with Crippen molar-refractivity contribution in [3.05, 3.63) is 28.8 Å². The van der Waals surface area contributed by atoms with Crippen LogP contribution in [0.3, 0.4) is 0 Å². The van der Waals surface area contributed by atoms with E-state index < -0.39 is 0 Å². The predicted molar refractivity (Wildman–Crippen MR) is 78.4 cm³/mol. The summed E-state index contributed by atoms with van der Waals surface area (Å²) >= 11 is 5.92. The molecule has 0 aliphatic carbocycles. The zero-order valence-electron chi connectivity index (χ0n) is 11.6. The van der Waals surface area contributed by atoms with Crippen molar-refractivity contribution in [3.63, 3.8) is 0 Å². The third-order valence-electron chi connectivity index (χ3n) is 3.74. The lowest BCUT2D eigenvalue weighted by molar-refractivity contribution is 0.0596. The molecule has 5 heteroatoms. The maximum absolute atomic E-state index is 12.7. The molecule has 1 aliphatic rings. The summed E-state index contributed by atoms with van der Waals surface area (Å²) in [5.74, 6) is 0.378. The van der Waals surface area contributed by atoms with Gasteiger partial charge in [-0.15, -0.1) is 0 Å². The molecule has 0 spiro atoms. The molecule has 1 fully saturated rings. The van der Waals surface area contributed by atoms with Crippen LogP contribution >= 0.6 is 11.6 Å². The van der Waals surface area contributed by atoms with Crippen LogP contribution in [0, 0.1) is 0 Å². The second kappa shape index (κ2) is 6.95. The second-order valence-corrected chi connectivity index (χ2v) is 5.47. The molecule has 1 saturated heterocycles. The molecule has 1 amide bonds. The number of nitrogens with zero attached hydrogens (tertiary/aromatic N) is 1. The lowest BCUT2D eigenvalue weighted by Crippen LogP contribution is -2.42. The molecular formula is C15H20ClNO3. The van der Waals surface area contributed by atoms with Crippen molar-refractivity contribution in [1.82, 2.24) is 4.90 Å². The lowest BCUT2D eigenvalue weighted by Gasteiger charge is -2.29. The Bertz CT molecular complexity index is 478. The molecule has 1 heterocycles. The highest BCUT2D eigenvalue weighted by molar-refractivity contribution is 6.30. The molecule has 0 radical (unpaired) electrons. The monoisotopic (exact) mass is 297 g/mol. The minimum absolute atomic E-state index is 0.00163. The van der Waals surface area contributed by atoms with Gasteiger partial charge in [-0.1, -0.05) is 24.4 Å². The summed E-state index contributed by atoms with van der Waals surface area (Å²) in [5, 5.41) is 10.0. The number of aliphatic hydroxyl groups excluding tert-OH is 1. The SMILES string of the molecule is COc1cc(Cl)ccc1C(=O)N1CCCCCC1CO. The molecular weight excluding hydrogens is 278 g/mol. The number of rotatable bonds is 3. The van der Waals surface area contributed by atoms with E-state index in [4.69, 9.17) is 16.3 Å². The molecule has 1 aromatic carbocycles. The standard InChI is InChI=1S/C15H20ClNO3/c1-20-14-9-11(16)6-7-13(14)15(19)17-8-4-2-3-5-12(17)10-18/h6-7,9,12,18H,2-5,8,10H2,1H3. The average Bonchev–Trinajstić information content (AvgIpc) is 2.71. The number of carbonyl (C=O) groups is 1. The number of hydrogen-bond acceptors (Lipinski definition) is 3. The third-order valence-corrected chi connectivity index (χ3v) is 3.98. The van der Waals surface area contributed by atoms with Gasteiger partial charge < -0.3 is 14.7 Å². The van der Waals surface area contributed by atoms with E-state index in [1.165, 1.54) is 7.11 Å². The maximum Gasteiger partial charge on any atom is 0.257 e. The van der Waals surface area contributed by atoms with Crippen molar-refractivity contribution in [1.29, 1.82) is 0 Å². The van der Waals surface area contributed by atoms with Gasteiger partial charge in [0.15, 0.2) is 0 Å². The normalized spacial score (nSPS) is 19.6. The zero-order chi connectivity index (χ0) is 14.5. The molecule has 2 rings (SSSR count). The second-order valence-electron chi connectivity index (χ2n) is 5.03. The Labute approximate surface area is 124 Å². The fraction of sp³-hybridized carbons (Fsp3) is 0.533. The number of hydrogen-bond donors (Lipinski definition) is 1. The van der Waals surface area contributed by atoms with Crippen LogP contribution in [0.2, 0.25) is 5.02 Å². The fourth-order valence-electron chi connectivity index (χ4n) is 2.63. The Balaban J connectivity index is 2.28. The van der Waals surface area contributed by atoms with Gasteiger partial charge in [-0.25, -0.2) is 0 Å². The molecule has 4 nitrogen and oxygen atoms in total. The molecule has 0 saturated carbocycles. The largest absolute Gasteiger partial charge is 0.496 e. The van der Waals surface area contributed by atoms with Crippen LogP contribution in [-0.4, -0.2) is 42.2 Å². The van der Waals surface area contributed by atoms with Gasteiger partial charge in [0.05, 0.1) is 25.3 Å². The Morgan fingerprint density at radius 2 is 2.25 bits per heavy atom. The van der Waals surface area contributed by atoms with E-state index in [0.29, 0.717) is 22.9 Å². The highest BCUT2D eigenvalue weighted by Gasteiger charge is 2.27. The quantitative estimate of drug-likeness (QED) is 0.933. The topological polar surface area (TPSA) is 49.8 Å². The van der Waals surface area contributed by atoms with Crippen molar-refractivity contribution < 1.29 is 14.6 Å². The zero-order valence-corrected chi connectivity index (χ0v) is 12.4. The minimum atomic E-state index is -0.106. The number of amides is 1. The molecule has 1 aliphatic heterocycles. The van der Waals surface area contributed by atoms with Gasteiger partial charge in [0.1, 0.15) is 5.75 Å². The predicted octanol–water partition coefficient (Wildman–Crippen LogP) is 2.73. The summed E-state index contributed by atoms with van der Waals surface area (Å²) in [6.45, 7) is 0.678. The number of aliphatic hydroxyl groups is 1. The van der Waals surface area contributed by atoms with Crippen molar-refractivity contribution in [2.75, 3.05) is 20.3 Å². The fourth-order valence-corrected chi connectivity index (χ4v) is 2.79. The molecule has 110 valence electrons. The molecule has 1 atom stereocenters. The molecule has 20 heavy (non-hydrogen) atoms. The van der Waals surface area contributed by atoms with Crippen LogP contribution in [0.5, 0.6) is 5.75 Å². The van der Waals surface area contributed by atoms with Gasteiger partial charge in [-0.3, -0.25) is 4.79 Å². The molecule has 1 aromatic rings. The molecule has 0 bridgehead atoms. The first-order valence-corrected chi connectivity index (χ1v) is 7.30. The molecule has 1 N–H and O–H groups in total. The van der Waals surface area contributed by atoms with Crippen molar-refractivity contribution >= 4 is 17.5 Å². The van der Waals surface area contributed by atoms with Crippen molar-refractivity contribution in [3.8, 4) is 5.75 Å². The van der Waals surface area contributed by atoms with E-state index in [0.717, 1.165) is 25.7 Å². The average molecular weight is 298 g/mol. The van der Waals surface area contributed by atoms with Gasteiger partial charge in [-0.2, -0.15) is 0 Å². The number of likely N-dealkylation sites (tertiary alicyclic amines) is 1. The van der Waals surface area contributed by atoms with Gasteiger partial charge in [-0.05, 0) is 31.0 Å².